The number of carbonyl (C=O) groups is 1. The Morgan fingerprint density at radius 1 is 0.963 bits per heavy atom. The van der Waals surface area contributed by atoms with Gasteiger partial charge in [0.2, 0.25) is 0 Å². The first-order valence-electron chi connectivity index (χ1n) is 8.63. The molecule has 0 spiro atoms. The highest BCUT2D eigenvalue weighted by molar-refractivity contribution is 6.05. The zero-order valence-electron chi connectivity index (χ0n) is 15.1. The standard InChI is InChI=1S/C21H19N5O/c1-14-19-12-15(13-22-20(19)26(2)25-14)21(27)24-18-10-8-17(9-11-18)23-16-6-4-3-5-7-16/h3-13,23H,1-2H3,(H,24,27). The first kappa shape index (κ1) is 16.8. The average molecular weight is 357 g/mol. The molecular weight excluding hydrogens is 338 g/mol. The molecule has 2 heterocycles. The molecule has 6 heteroatoms. The van der Waals surface area contributed by atoms with Gasteiger partial charge < -0.3 is 10.6 Å². The minimum absolute atomic E-state index is 0.198. The second kappa shape index (κ2) is 6.92. The predicted molar refractivity (Wildman–Crippen MR) is 107 cm³/mol. The minimum Gasteiger partial charge on any atom is -0.356 e. The lowest BCUT2D eigenvalue weighted by Crippen LogP contribution is -2.12. The third-order valence-corrected chi connectivity index (χ3v) is 4.33. The van der Waals surface area contributed by atoms with E-state index < -0.39 is 0 Å². The number of aryl methyl sites for hydroxylation is 2. The Labute approximate surface area is 156 Å². The maximum atomic E-state index is 12.6. The number of hydrogen-bond donors (Lipinski definition) is 2. The van der Waals surface area contributed by atoms with Crippen LogP contribution in [-0.2, 0) is 7.05 Å². The summed E-state index contributed by atoms with van der Waals surface area (Å²) >= 11 is 0. The lowest BCUT2D eigenvalue weighted by atomic mass is 10.2. The fourth-order valence-electron chi connectivity index (χ4n) is 2.96. The van der Waals surface area contributed by atoms with Gasteiger partial charge in [-0.1, -0.05) is 18.2 Å². The zero-order valence-corrected chi connectivity index (χ0v) is 15.1. The highest BCUT2D eigenvalue weighted by Gasteiger charge is 2.12. The SMILES string of the molecule is Cc1nn(C)c2ncc(C(=O)Nc3ccc(Nc4ccccc4)cc3)cc12. The Kier molecular flexibility index (Phi) is 4.30. The number of aromatic nitrogens is 3. The number of fused-ring (bicyclic) bond motifs is 1. The fraction of sp³-hybridized carbons (Fsp3) is 0.0952. The van der Waals surface area contributed by atoms with Gasteiger partial charge in [-0.2, -0.15) is 5.10 Å². The van der Waals surface area contributed by atoms with Gasteiger partial charge in [-0.15, -0.1) is 0 Å². The van der Waals surface area contributed by atoms with E-state index in [4.69, 9.17) is 0 Å². The molecule has 4 aromatic rings. The quantitative estimate of drug-likeness (QED) is 0.572. The van der Waals surface area contributed by atoms with E-state index >= 15 is 0 Å². The number of amides is 1. The van der Waals surface area contributed by atoms with Gasteiger partial charge >= 0.3 is 0 Å². The Balaban J connectivity index is 1.48. The van der Waals surface area contributed by atoms with Crippen LogP contribution in [0.1, 0.15) is 16.1 Å². The summed E-state index contributed by atoms with van der Waals surface area (Å²) in [6, 6.07) is 19.3. The van der Waals surface area contributed by atoms with Gasteiger partial charge in [0.25, 0.3) is 5.91 Å². The van der Waals surface area contributed by atoms with Gasteiger partial charge in [0.1, 0.15) is 0 Å². The summed E-state index contributed by atoms with van der Waals surface area (Å²) in [7, 11) is 1.84. The first-order chi connectivity index (χ1) is 13.1. The van der Waals surface area contributed by atoms with Crippen LogP contribution in [0.4, 0.5) is 17.1 Å². The predicted octanol–water partition coefficient (Wildman–Crippen LogP) is 4.27. The molecule has 2 N–H and O–H groups in total. The summed E-state index contributed by atoms with van der Waals surface area (Å²) in [5.41, 5.74) is 4.81. The maximum Gasteiger partial charge on any atom is 0.257 e. The van der Waals surface area contributed by atoms with Crippen LogP contribution in [0.25, 0.3) is 11.0 Å². The van der Waals surface area contributed by atoms with E-state index in [9.17, 15) is 4.79 Å². The average Bonchev–Trinajstić information content (AvgIpc) is 2.97. The summed E-state index contributed by atoms with van der Waals surface area (Å²) in [4.78, 5) is 16.9. The van der Waals surface area contributed by atoms with E-state index in [0.717, 1.165) is 33.8 Å². The smallest absolute Gasteiger partial charge is 0.257 e. The molecule has 0 saturated heterocycles. The van der Waals surface area contributed by atoms with Crippen molar-refractivity contribution in [3.05, 3.63) is 78.1 Å². The third kappa shape index (κ3) is 3.50. The molecule has 0 aliphatic carbocycles. The molecule has 0 fully saturated rings. The van der Waals surface area contributed by atoms with Crippen LogP contribution < -0.4 is 10.6 Å². The molecule has 0 unspecified atom stereocenters. The molecule has 0 aliphatic rings. The Bertz CT molecular complexity index is 1100. The lowest BCUT2D eigenvalue weighted by Gasteiger charge is -2.09. The van der Waals surface area contributed by atoms with Crippen LogP contribution in [0.2, 0.25) is 0 Å². The molecule has 0 atom stereocenters. The first-order valence-corrected chi connectivity index (χ1v) is 8.63. The van der Waals surface area contributed by atoms with E-state index in [1.165, 1.54) is 0 Å². The van der Waals surface area contributed by atoms with E-state index in [1.807, 2.05) is 74.6 Å². The Morgan fingerprint density at radius 2 is 1.63 bits per heavy atom. The molecule has 0 radical (unpaired) electrons. The molecule has 6 nitrogen and oxygen atoms in total. The molecular formula is C21H19N5O. The van der Waals surface area contributed by atoms with Crippen molar-refractivity contribution in [1.82, 2.24) is 14.8 Å². The second-order valence-electron chi connectivity index (χ2n) is 6.33. The monoisotopic (exact) mass is 357 g/mol. The molecule has 0 aliphatic heterocycles. The van der Waals surface area contributed by atoms with E-state index in [1.54, 1.807) is 10.9 Å². The highest BCUT2D eigenvalue weighted by Crippen LogP contribution is 2.20. The largest absolute Gasteiger partial charge is 0.356 e. The summed E-state index contributed by atoms with van der Waals surface area (Å²) < 4.78 is 1.71. The summed E-state index contributed by atoms with van der Waals surface area (Å²) in [6.07, 6.45) is 1.57. The number of nitrogens with zero attached hydrogens (tertiary/aromatic N) is 3. The Morgan fingerprint density at radius 3 is 2.37 bits per heavy atom. The van der Waals surface area contributed by atoms with Gasteiger partial charge in [0.15, 0.2) is 5.65 Å². The van der Waals surface area contributed by atoms with Gasteiger partial charge in [0.05, 0.1) is 11.3 Å². The van der Waals surface area contributed by atoms with E-state index in [0.29, 0.717) is 5.56 Å². The van der Waals surface area contributed by atoms with Crippen molar-refractivity contribution >= 4 is 34.0 Å². The molecule has 134 valence electrons. The lowest BCUT2D eigenvalue weighted by molar-refractivity contribution is 0.102. The van der Waals surface area contributed by atoms with Crippen molar-refractivity contribution in [3.8, 4) is 0 Å². The van der Waals surface area contributed by atoms with Crippen molar-refractivity contribution in [2.45, 2.75) is 6.92 Å². The van der Waals surface area contributed by atoms with Crippen molar-refractivity contribution < 1.29 is 4.79 Å². The van der Waals surface area contributed by atoms with Crippen LogP contribution >= 0.6 is 0 Å². The number of anilines is 3. The van der Waals surface area contributed by atoms with Crippen molar-refractivity contribution in [3.63, 3.8) is 0 Å². The number of hydrogen-bond acceptors (Lipinski definition) is 4. The number of rotatable bonds is 4. The minimum atomic E-state index is -0.198. The van der Waals surface area contributed by atoms with Crippen molar-refractivity contribution in [2.75, 3.05) is 10.6 Å². The Hall–Kier alpha value is -3.67. The number of para-hydroxylation sites is 1. The normalized spacial score (nSPS) is 10.7. The van der Waals surface area contributed by atoms with Gasteiger partial charge in [-0.05, 0) is 49.4 Å². The van der Waals surface area contributed by atoms with Gasteiger partial charge in [0, 0.05) is 35.7 Å². The van der Waals surface area contributed by atoms with Crippen molar-refractivity contribution in [2.24, 2.45) is 7.05 Å². The molecule has 0 bridgehead atoms. The van der Waals surface area contributed by atoms with Crippen LogP contribution in [0.15, 0.2) is 66.9 Å². The molecule has 2 aromatic heterocycles. The zero-order chi connectivity index (χ0) is 18.8. The topological polar surface area (TPSA) is 71.8 Å². The summed E-state index contributed by atoms with van der Waals surface area (Å²) in [5.74, 6) is -0.198. The van der Waals surface area contributed by atoms with E-state index in [-0.39, 0.29) is 5.91 Å². The fourth-order valence-corrected chi connectivity index (χ4v) is 2.96. The van der Waals surface area contributed by atoms with Crippen LogP contribution in [0.5, 0.6) is 0 Å². The summed E-state index contributed by atoms with van der Waals surface area (Å²) in [6.45, 7) is 1.91. The molecule has 0 saturated carbocycles. The van der Waals surface area contributed by atoms with Crippen LogP contribution in [0, 0.1) is 6.92 Å². The van der Waals surface area contributed by atoms with Crippen LogP contribution in [-0.4, -0.2) is 20.7 Å². The third-order valence-electron chi connectivity index (χ3n) is 4.33. The number of benzene rings is 2. The van der Waals surface area contributed by atoms with Gasteiger partial charge in [-0.25, -0.2) is 4.98 Å². The molecule has 4 rings (SSSR count). The van der Waals surface area contributed by atoms with Crippen LogP contribution in [0.3, 0.4) is 0 Å². The second-order valence-corrected chi connectivity index (χ2v) is 6.33. The van der Waals surface area contributed by atoms with E-state index in [2.05, 4.69) is 20.7 Å². The molecule has 2 aromatic carbocycles. The summed E-state index contributed by atoms with van der Waals surface area (Å²) in [5, 5.41) is 11.4. The van der Waals surface area contributed by atoms with Gasteiger partial charge in [-0.3, -0.25) is 9.48 Å². The number of nitrogens with one attached hydrogen (secondary N) is 2. The number of pyridine rings is 1. The highest BCUT2D eigenvalue weighted by atomic mass is 16.1. The molecule has 1 amide bonds. The number of carbonyl (C=O) groups excluding carboxylic acids is 1. The molecule has 27 heavy (non-hydrogen) atoms. The maximum absolute atomic E-state index is 12.6. The van der Waals surface area contributed by atoms with Crippen molar-refractivity contribution in [1.29, 1.82) is 0 Å².